The van der Waals surface area contributed by atoms with Gasteiger partial charge in [0, 0.05) is 11.9 Å². The van der Waals surface area contributed by atoms with E-state index in [-0.39, 0.29) is 33.7 Å². The quantitative estimate of drug-likeness (QED) is 0.296. The lowest BCUT2D eigenvalue weighted by molar-refractivity contribution is -0.129. The molecule has 8 heteroatoms. The van der Waals surface area contributed by atoms with Gasteiger partial charge in [0.2, 0.25) is 17.1 Å². The van der Waals surface area contributed by atoms with Crippen LogP contribution in [-0.2, 0) is 11.3 Å². The molecule has 0 amide bonds. The van der Waals surface area contributed by atoms with Crippen LogP contribution in [0.25, 0.3) is 27.9 Å². The molecule has 0 spiro atoms. The van der Waals surface area contributed by atoms with Crippen LogP contribution in [0, 0.1) is 0 Å². The van der Waals surface area contributed by atoms with Crippen molar-refractivity contribution >= 4 is 45.6 Å². The second-order valence-corrected chi connectivity index (χ2v) is 7.25. The van der Waals surface area contributed by atoms with Crippen molar-refractivity contribution in [2.75, 3.05) is 5.73 Å². The maximum Gasteiger partial charge on any atom is 0.347 e. The number of nitrogens with two attached hydrogens (primary N) is 1. The molecule has 4 aromatic rings. The molecule has 2 aromatic carbocycles. The average molecular weight is 428 g/mol. The Bertz CT molecular complexity index is 1620. The van der Waals surface area contributed by atoms with Gasteiger partial charge in [-0.05, 0) is 37.3 Å². The second-order valence-electron chi connectivity index (χ2n) is 7.25. The lowest BCUT2D eigenvalue weighted by Gasteiger charge is -2.20. The number of ether oxygens (including phenoxy) is 1. The number of nitrogens with zero attached hydrogens (tertiary/aromatic N) is 1. The Morgan fingerprint density at radius 2 is 1.66 bits per heavy atom. The first-order chi connectivity index (χ1) is 15.4. The summed E-state index contributed by atoms with van der Waals surface area (Å²) in [5.74, 6) is -2.15. The fraction of sp³-hybridized carbons (Fsp3) is 0.0833. The molecule has 2 N–H and O–H groups in total. The minimum Gasteiger partial charge on any atom is -0.440 e. The number of aromatic nitrogens is 1. The van der Waals surface area contributed by atoms with E-state index in [4.69, 9.17) is 14.9 Å². The summed E-state index contributed by atoms with van der Waals surface area (Å²) in [5.41, 5.74) is 4.74. The van der Waals surface area contributed by atoms with Crippen LogP contribution in [0.3, 0.4) is 0 Å². The minimum absolute atomic E-state index is 0.0824. The fourth-order valence-corrected chi connectivity index (χ4v) is 3.95. The highest BCUT2D eigenvalue weighted by Gasteiger charge is 2.36. The predicted molar refractivity (Wildman–Crippen MR) is 119 cm³/mol. The zero-order chi connectivity index (χ0) is 22.6. The lowest BCUT2D eigenvalue weighted by Crippen LogP contribution is -2.35. The van der Waals surface area contributed by atoms with E-state index >= 15 is 0 Å². The van der Waals surface area contributed by atoms with Gasteiger partial charge in [-0.3, -0.25) is 14.4 Å². The van der Waals surface area contributed by atoms with Crippen molar-refractivity contribution in [3.8, 4) is 5.75 Å². The Kier molecular flexibility index (Phi) is 4.30. The van der Waals surface area contributed by atoms with Gasteiger partial charge in [-0.15, -0.1) is 0 Å². The van der Waals surface area contributed by atoms with Gasteiger partial charge in [-0.25, -0.2) is 4.79 Å². The molecule has 1 aliphatic heterocycles. The van der Waals surface area contributed by atoms with E-state index < -0.39 is 28.3 Å². The molecule has 0 saturated carbocycles. The van der Waals surface area contributed by atoms with Crippen molar-refractivity contribution in [3.05, 3.63) is 85.8 Å². The van der Waals surface area contributed by atoms with Crippen molar-refractivity contribution in [2.45, 2.75) is 13.5 Å². The van der Waals surface area contributed by atoms with Crippen LogP contribution in [0.1, 0.15) is 22.8 Å². The first-order valence-electron chi connectivity index (χ1n) is 9.87. The number of rotatable bonds is 2. The lowest BCUT2D eigenvalue weighted by atomic mass is 9.96. The first kappa shape index (κ1) is 19.5. The normalized spacial score (nSPS) is 14.7. The maximum atomic E-state index is 13.3. The molecule has 158 valence electrons. The third-order valence-corrected chi connectivity index (χ3v) is 5.48. The van der Waals surface area contributed by atoms with Crippen LogP contribution < -0.4 is 21.5 Å². The van der Waals surface area contributed by atoms with Crippen LogP contribution in [-0.4, -0.2) is 16.3 Å². The van der Waals surface area contributed by atoms with Crippen molar-refractivity contribution in [2.24, 2.45) is 0 Å². The highest BCUT2D eigenvalue weighted by Crippen LogP contribution is 2.34. The molecule has 2 aromatic heterocycles. The van der Waals surface area contributed by atoms with Gasteiger partial charge in [-0.2, -0.15) is 0 Å². The van der Waals surface area contributed by atoms with Crippen LogP contribution in [0.5, 0.6) is 5.75 Å². The number of benzene rings is 2. The number of pyridine rings is 1. The predicted octanol–water partition coefficient (Wildman–Crippen LogP) is 2.90. The van der Waals surface area contributed by atoms with Gasteiger partial charge in [0.1, 0.15) is 16.7 Å². The smallest absolute Gasteiger partial charge is 0.347 e. The Balaban J connectivity index is 1.77. The van der Waals surface area contributed by atoms with E-state index in [1.54, 1.807) is 55.5 Å². The summed E-state index contributed by atoms with van der Waals surface area (Å²) in [5, 5.41) is 0.708. The number of ketones is 1. The molecule has 3 heterocycles. The van der Waals surface area contributed by atoms with Crippen molar-refractivity contribution in [1.82, 2.24) is 4.57 Å². The van der Waals surface area contributed by atoms with Gasteiger partial charge >= 0.3 is 5.97 Å². The third-order valence-electron chi connectivity index (χ3n) is 5.48. The molecule has 0 saturated heterocycles. The molecule has 1 aliphatic rings. The van der Waals surface area contributed by atoms with E-state index in [9.17, 15) is 19.2 Å². The monoisotopic (exact) mass is 428 g/mol. The fourth-order valence-electron chi connectivity index (χ4n) is 3.95. The summed E-state index contributed by atoms with van der Waals surface area (Å²) in [4.78, 5) is 52.1. The summed E-state index contributed by atoms with van der Waals surface area (Å²) in [6, 6.07) is 13.3. The molecular formula is C24H16N2O6. The Morgan fingerprint density at radius 1 is 0.969 bits per heavy atom. The molecule has 0 fully saturated rings. The zero-order valence-electron chi connectivity index (χ0n) is 16.9. The summed E-state index contributed by atoms with van der Waals surface area (Å²) in [7, 11) is 0. The molecule has 0 radical (unpaired) electrons. The van der Waals surface area contributed by atoms with Crippen molar-refractivity contribution < 1.29 is 18.7 Å². The van der Waals surface area contributed by atoms with Crippen molar-refractivity contribution in [1.29, 1.82) is 0 Å². The summed E-state index contributed by atoms with van der Waals surface area (Å²) in [6.45, 7) is 2.09. The zero-order valence-corrected chi connectivity index (χ0v) is 16.9. The molecule has 0 unspecified atom stereocenters. The number of para-hydroxylation sites is 2. The Morgan fingerprint density at radius 3 is 2.41 bits per heavy atom. The van der Waals surface area contributed by atoms with Crippen LogP contribution in [0.15, 0.2) is 68.1 Å². The number of fused-ring (bicyclic) bond motifs is 4. The number of hydrogen-bond acceptors (Lipinski definition) is 7. The third kappa shape index (κ3) is 2.70. The summed E-state index contributed by atoms with van der Waals surface area (Å²) in [6.07, 6.45) is 1.03. The Hall–Kier alpha value is -4.46. The topological polar surface area (TPSA) is 122 Å². The van der Waals surface area contributed by atoms with Crippen LogP contribution >= 0.6 is 0 Å². The molecule has 8 nitrogen and oxygen atoms in total. The average Bonchev–Trinajstić information content (AvgIpc) is 2.78. The number of aryl methyl sites for hydroxylation is 1. The van der Waals surface area contributed by atoms with Gasteiger partial charge in [0.15, 0.2) is 5.75 Å². The van der Waals surface area contributed by atoms with E-state index in [1.807, 2.05) is 0 Å². The van der Waals surface area contributed by atoms with E-state index in [2.05, 4.69) is 0 Å². The number of hydrogen-bond donors (Lipinski definition) is 1. The van der Waals surface area contributed by atoms with Gasteiger partial charge in [0.05, 0.1) is 16.5 Å². The van der Waals surface area contributed by atoms with Gasteiger partial charge in [-0.1, -0.05) is 24.3 Å². The molecule has 0 atom stereocenters. The van der Waals surface area contributed by atoms with Gasteiger partial charge in [0.25, 0.3) is 5.56 Å². The molecule has 0 aliphatic carbocycles. The number of anilines is 1. The van der Waals surface area contributed by atoms with E-state index in [1.165, 1.54) is 4.57 Å². The first-order valence-corrected chi connectivity index (χ1v) is 9.87. The second kappa shape index (κ2) is 7.05. The van der Waals surface area contributed by atoms with E-state index in [0.717, 1.165) is 6.08 Å². The number of carbonyl (C=O) groups is 2. The minimum atomic E-state index is -0.978. The molecule has 5 rings (SSSR count). The highest BCUT2D eigenvalue weighted by atomic mass is 16.5. The van der Waals surface area contributed by atoms with Gasteiger partial charge < -0.3 is 19.5 Å². The SMILES string of the molecule is CCn1c(=O)c2c(c3ccccc31)OC(=O)/C(=C/c1c(N)oc3ccccc3c1=O)C2=O. The number of nitrogen functional groups attached to an aromatic ring is 1. The number of Topliss-reactive ketones (excluding diaryl/α,β-unsaturated/α-hetero) is 1. The molecular weight excluding hydrogens is 412 g/mol. The standard InChI is InChI=1S/C24H16N2O6/c1-2-26-16-9-5-3-7-12(16)21-18(23(26)29)20(28)15(24(30)32-21)11-14-19(27)13-8-4-6-10-17(13)31-22(14)25/h3-11H,2,25H2,1H3/b15-11+. The van der Waals surface area contributed by atoms with Crippen molar-refractivity contribution in [3.63, 3.8) is 0 Å². The number of carbonyl (C=O) groups excluding carboxylic acids is 2. The maximum absolute atomic E-state index is 13.3. The van der Waals surface area contributed by atoms with Crippen LogP contribution in [0.4, 0.5) is 5.88 Å². The van der Waals surface area contributed by atoms with Crippen LogP contribution in [0.2, 0.25) is 0 Å². The summed E-state index contributed by atoms with van der Waals surface area (Å²) < 4.78 is 12.3. The summed E-state index contributed by atoms with van der Waals surface area (Å²) >= 11 is 0. The highest BCUT2D eigenvalue weighted by molar-refractivity contribution is 6.31. The Labute approximate surface area is 180 Å². The van der Waals surface area contributed by atoms with E-state index in [0.29, 0.717) is 17.4 Å². The number of esters is 1. The molecule has 32 heavy (non-hydrogen) atoms. The molecule has 0 bridgehead atoms. The largest absolute Gasteiger partial charge is 0.440 e.